The van der Waals surface area contributed by atoms with Gasteiger partial charge in [0.15, 0.2) is 0 Å². The van der Waals surface area contributed by atoms with Crippen molar-refractivity contribution >= 4 is 23.4 Å². The van der Waals surface area contributed by atoms with E-state index in [2.05, 4.69) is 34.7 Å². The first-order valence-corrected chi connectivity index (χ1v) is 9.76. The first-order valence-electron chi connectivity index (χ1n) is 8.88. The summed E-state index contributed by atoms with van der Waals surface area (Å²) in [4.78, 5) is 13.0. The number of hydrogen-bond acceptors (Lipinski definition) is 5. The number of benzene rings is 2. The maximum absolute atomic E-state index is 13.0. The molecular weight excluding hydrogens is 358 g/mol. The number of tetrazole rings is 1. The van der Waals surface area contributed by atoms with E-state index in [1.54, 1.807) is 4.68 Å². The third-order valence-corrected chi connectivity index (χ3v) is 5.15. The van der Waals surface area contributed by atoms with Crippen LogP contribution >= 0.6 is 11.8 Å². The van der Waals surface area contributed by atoms with E-state index < -0.39 is 5.25 Å². The SMILES string of the molecule is Cc1ccc(NC(=O)C(Sc2nnnn2CC(C)C)c2ccccc2)cc1. The van der Waals surface area contributed by atoms with Crippen molar-refractivity contribution in [1.82, 2.24) is 20.2 Å². The molecule has 0 aliphatic rings. The smallest absolute Gasteiger partial charge is 0.242 e. The number of amides is 1. The summed E-state index contributed by atoms with van der Waals surface area (Å²) in [6.07, 6.45) is 0. The van der Waals surface area contributed by atoms with Gasteiger partial charge in [-0.3, -0.25) is 4.79 Å². The third kappa shape index (κ3) is 5.17. The van der Waals surface area contributed by atoms with E-state index in [1.165, 1.54) is 11.8 Å². The van der Waals surface area contributed by atoms with Gasteiger partial charge in [-0.05, 0) is 41.0 Å². The maximum Gasteiger partial charge on any atom is 0.242 e. The number of nitrogens with one attached hydrogen (secondary N) is 1. The van der Waals surface area contributed by atoms with Crippen LogP contribution in [0.2, 0.25) is 0 Å². The van der Waals surface area contributed by atoms with E-state index in [1.807, 2.05) is 61.5 Å². The van der Waals surface area contributed by atoms with Gasteiger partial charge in [0.25, 0.3) is 0 Å². The van der Waals surface area contributed by atoms with Crippen LogP contribution in [0, 0.1) is 12.8 Å². The molecule has 2 aromatic carbocycles. The average molecular weight is 382 g/mol. The van der Waals surface area contributed by atoms with Crippen LogP contribution in [0.3, 0.4) is 0 Å². The molecule has 0 saturated heterocycles. The van der Waals surface area contributed by atoms with Gasteiger partial charge in [0.1, 0.15) is 5.25 Å². The monoisotopic (exact) mass is 381 g/mol. The van der Waals surface area contributed by atoms with Crippen molar-refractivity contribution in [2.75, 3.05) is 5.32 Å². The summed E-state index contributed by atoms with van der Waals surface area (Å²) in [5.74, 6) is 0.304. The summed E-state index contributed by atoms with van der Waals surface area (Å²) in [6, 6.07) is 17.5. The molecule has 3 rings (SSSR count). The predicted molar refractivity (Wildman–Crippen MR) is 108 cm³/mol. The summed E-state index contributed by atoms with van der Waals surface area (Å²) >= 11 is 1.36. The fourth-order valence-corrected chi connectivity index (χ4v) is 3.58. The number of aromatic nitrogens is 4. The predicted octanol–water partition coefficient (Wildman–Crippen LogP) is 4.11. The van der Waals surface area contributed by atoms with Gasteiger partial charge in [-0.25, -0.2) is 4.68 Å². The quantitative estimate of drug-likeness (QED) is 0.624. The third-order valence-electron chi connectivity index (χ3n) is 3.92. The summed E-state index contributed by atoms with van der Waals surface area (Å²) in [6.45, 7) is 6.93. The molecule has 3 aromatic rings. The Bertz CT molecular complexity index is 877. The minimum absolute atomic E-state index is 0.103. The van der Waals surface area contributed by atoms with Crippen molar-refractivity contribution in [3.05, 3.63) is 65.7 Å². The topological polar surface area (TPSA) is 72.7 Å². The molecule has 6 nitrogen and oxygen atoms in total. The van der Waals surface area contributed by atoms with Gasteiger partial charge in [-0.1, -0.05) is 73.6 Å². The summed E-state index contributed by atoms with van der Waals surface area (Å²) in [7, 11) is 0. The van der Waals surface area contributed by atoms with E-state index in [9.17, 15) is 4.79 Å². The number of nitrogens with zero attached hydrogens (tertiary/aromatic N) is 4. The molecule has 1 atom stereocenters. The highest BCUT2D eigenvalue weighted by Crippen LogP contribution is 2.35. The number of hydrogen-bond donors (Lipinski definition) is 1. The van der Waals surface area contributed by atoms with Crippen LogP contribution in [0.15, 0.2) is 59.8 Å². The molecular formula is C20H23N5OS. The lowest BCUT2D eigenvalue weighted by Crippen LogP contribution is -2.20. The Morgan fingerprint density at radius 3 is 2.48 bits per heavy atom. The number of carbonyl (C=O) groups is 1. The number of aryl methyl sites for hydroxylation is 1. The fraction of sp³-hybridized carbons (Fsp3) is 0.300. The van der Waals surface area contributed by atoms with Gasteiger partial charge in [0.2, 0.25) is 11.1 Å². The molecule has 1 unspecified atom stereocenters. The lowest BCUT2D eigenvalue weighted by atomic mass is 10.1. The average Bonchev–Trinajstić information content (AvgIpc) is 3.08. The molecule has 27 heavy (non-hydrogen) atoms. The summed E-state index contributed by atoms with van der Waals surface area (Å²) < 4.78 is 1.75. The molecule has 1 heterocycles. The van der Waals surface area contributed by atoms with Crippen molar-refractivity contribution in [1.29, 1.82) is 0 Å². The minimum atomic E-state index is -0.454. The van der Waals surface area contributed by atoms with Crippen LogP contribution < -0.4 is 5.32 Å². The van der Waals surface area contributed by atoms with Crippen molar-refractivity contribution in [2.24, 2.45) is 5.92 Å². The molecule has 0 aliphatic carbocycles. The van der Waals surface area contributed by atoms with Gasteiger partial charge >= 0.3 is 0 Å². The van der Waals surface area contributed by atoms with Crippen molar-refractivity contribution in [2.45, 2.75) is 37.7 Å². The fourth-order valence-electron chi connectivity index (χ4n) is 2.59. The molecule has 1 aromatic heterocycles. The summed E-state index contributed by atoms with van der Waals surface area (Å²) in [5.41, 5.74) is 2.83. The number of rotatable bonds is 7. The zero-order chi connectivity index (χ0) is 19.2. The highest BCUT2D eigenvalue weighted by atomic mass is 32.2. The first-order chi connectivity index (χ1) is 13.0. The largest absolute Gasteiger partial charge is 0.325 e. The van der Waals surface area contributed by atoms with Crippen molar-refractivity contribution in [3.63, 3.8) is 0 Å². The van der Waals surface area contributed by atoms with Crippen LogP contribution in [0.1, 0.15) is 30.2 Å². The van der Waals surface area contributed by atoms with Crippen LogP contribution in [-0.4, -0.2) is 26.1 Å². The van der Waals surface area contributed by atoms with Gasteiger partial charge in [-0.15, -0.1) is 5.10 Å². The van der Waals surface area contributed by atoms with Gasteiger partial charge < -0.3 is 5.32 Å². The van der Waals surface area contributed by atoms with E-state index in [0.717, 1.165) is 16.8 Å². The zero-order valence-corrected chi connectivity index (χ0v) is 16.5. The molecule has 0 fully saturated rings. The molecule has 0 radical (unpaired) electrons. The molecule has 0 spiro atoms. The molecule has 0 aliphatic heterocycles. The lowest BCUT2D eigenvalue weighted by Gasteiger charge is -2.17. The normalized spacial score (nSPS) is 12.1. The molecule has 7 heteroatoms. The van der Waals surface area contributed by atoms with Crippen molar-refractivity contribution < 1.29 is 4.79 Å². The Labute approximate surface area is 163 Å². The molecule has 0 saturated carbocycles. The number of thioether (sulfide) groups is 1. The van der Waals surface area contributed by atoms with Gasteiger partial charge in [0.05, 0.1) is 0 Å². The Hall–Kier alpha value is -2.67. The van der Waals surface area contributed by atoms with Crippen molar-refractivity contribution in [3.8, 4) is 0 Å². The van der Waals surface area contributed by atoms with Crippen LogP contribution in [0.25, 0.3) is 0 Å². The summed E-state index contributed by atoms with van der Waals surface area (Å²) in [5, 5.41) is 15.1. The Morgan fingerprint density at radius 1 is 1.11 bits per heavy atom. The van der Waals surface area contributed by atoms with E-state index in [-0.39, 0.29) is 5.91 Å². The first kappa shape index (κ1) is 19.1. The Kier molecular flexibility index (Phi) is 6.24. The van der Waals surface area contributed by atoms with Crippen LogP contribution in [-0.2, 0) is 11.3 Å². The Balaban J connectivity index is 1.84. The standard InChI is InChI=1S/C20H23N5OS/c1-14(2)13-25-20(22-23-24-25)27-18(16-7-5-4-6-8-16)19(26)21-17-11-9-15(3)10-12-17/h4-12,14,18H,13H2,1-3H3,(H,21,26). The van der Waals surface area contributed by atoms with E-state index in [4.69, 9.17) is 0 Å². The Morgan fingerprint density at radius 2 is 1.81 bits per heavy atom. The second-order valence-electron chi connectivity index (χ2n) is 6.80. The van der Waals surface area contributed by atoms with E-state index >= 15 is 0 Å². The van der Waals surface area contributed by atoms with Crippen LogP contribution in [0.5, 0.6) is 0 Å². The maximum atomic E-state index is 13.0. The second-order valence-corrected chi connectivity index (χ2v) is 7.87. The zero-order valence-electron chi connectivity index (χ0n) is 15.7. The van der Waals surface area contributed by atoms with Crippen LogP contribution in [0.4, 0.5) is 5.69 Å². The van der Waals surface area contributed by atoms with Gasteiger partial charge in [0, 0.05) is 12.2 Å². The second kappa shape index (κ2) is 8.81. The number of anilines is 1. The number of carbonyl (C=O) groups excluding carboxylic acids is 1. The molecule has 140 valence electrons. The molecule has 1 N–H and O–H groups in total. The molecule has 1 amide bonds. The molecule has 0 bridgehead atoms. The highest BCUT2D eigenvalue weighted by molar-refractivity contribution is 8.00. The highest BCUT2D eigenvalue weighted by Gasteiger charge is 2.25. The van der Waals surface area contributed by atoms with E-state index in [0.29, 0.717) is 17.6 Å². The lowest BCUT2D eigenvalue weighted by molar-refractivity contribution is -0.115. The van der Waals surface area contributed by atoms with Gasteiger partial charge in [-0.2, -0.15) is 0 Å². The minimum Gasteiger partial charge on any atom is -0.325 e.